The van der Waals surface area contributed by atoms with E-state index in [1.54, 1.807) is 4.57 Å². The molecule has 0 radical (unpaired) electrons. The van der Waals surface area contributed by atoms with Crippen LogP contribution in [0.2, 0.25) is 0 Å². The van der Waals surface area contributed by atoms with Crippen LogP contribution in [0, 0.1) is 12.8 Å². The molecule has 1 aliphatic carbocycles. The molecule has 26 heavy (non-hydrogen) atoms. The van der Waals surface area contributed by atoms with E-state index >= 15 is 0 Å². The Labute approximate surface area is 151 Å². The Balaban J connectivity index is 1.94. The first-order valence-electron chi connectivity index (χ1n) is 9.19. The first-order valence-corrected chi connectivity index (χ1v) is 9.19. The summed E-state index contributed by atoms with van der Waals surface area (Å²) in [7, 11) is 1.97. The molecule has 140 valence electrons. The van der Waals surface area contributed by atoms with E-state index in [2.05, 4.69) is 10.2 Å². The molecule has 2 aliphatic rings. The molecule has 1 atom stereocenters. The lowest BCUT2D eigenvalue weighted by atomic mass is 10.1. The van der Waals surface area contributed by atoms with Gasteiger partial charge in [-0.15, -0.1) is 0 Å². The minimum absolute atomic E-state index is 0.101. The molecule has 1 unspecified atom stereocenters. The molecule has 2 heterocycles. The normalized spacial score (nSPS) is 20.2. The SMILES string of the molecule is CNCC1CCN(c2cc(N)c3c(=O)n(N)c(=O)n(C4CC4)c3c2C)C1. The van der Waals surface area contributed by atoms with Gasteiger partial charge in [-0.1, -0.05) is 0 Å². The number of fused-ring (bicyclic) bond motifs is 1. The number of benzene rings is 1. The monoisotopic (exact) mass is 358 g/mol. The zero-order valence-electron chi connectivity index (χ0n) is 15.3. The summed E-state index contributed by atoms with van der Waals surface area (Å²) >= 11 is 0. The van der Waals surface area contributed by atoms with Gasteiger partial charge in [0.25, 0.3) is 5.56 Å². The molecular weight excluding hydrogens is 332 g/mol. The van der Waals surface area contributed by atoms with Crippen molar-refractivity contribution in [2.24, 2.45) is 5.92 Å². The number of aryl methyl sites for hydroxylation is 1. The van der Waals surface area contributed by atoms with Gasteiger partial charge in [0, 0.05) is 30.5 Å². The molecule has 0 bridgehead atoms. The van der Waals surface area contributed by atoms with Crippen LogP contribution >= 0.6 is 0 Å². The van der Waals surface area contributed by atoms with Crippen molar-refractivity contribution in [1.29, 1.82) is 0 Å². The third-order valence-corrected chi connectivity index (χ3v) is 5.67. The molecule has 5 N–H and O–H groups in total. The van der Waals surface area contributed by atoms with Crippen molar-refractivity contribution in [2.75, 3.05) is 43.2 Å². The molecule has 1 aromatic heterocycles. The molecule has 1 aromatic carbocycles. The molecule has 2 aromatic rings. The fraction of sp³-hybridized carbons (Fsp3) is 0.556. The van der Waals surface area contributed by atoms with Crippen LogP contribution in [0.5, 0.6) is 0 Å². The Morgan fingerprint density at radius 1 is 1.27 bits per heavy atom. The number of nitrogens with one attached hydrogen (secondary N) is 1. The zero-order valence-corrected chi connectivity index (χ0v) is 15.3. The van der Waals surface area contributed by atoms with Gasteiger partial charge in [-0.2, -0.15) is 4.68 Å². The van der Waals surface area contributed by atoms with E-state index in [9.17, 15) is 9.59 Å². The maximum Gasteiger partial charge on any atom is 0.350 e. The van der Waals surface area contributed by atoms with E-state index in [4.69, 9.17) is 11.6 Å². The Hall–Kier alpha value is -2.48. The molecule has 1 saturated heterocycles. The lowest BCUT2D eigenvalue weighted by Crippen LogP contribution is -2.45. The summed E-state index contributed by atoms with van der Waals surface area (Å²) in [6.45, 7) is 4.83. The highest BCUT2D eigenvalue weighted by Crippen LogP contribution is 2.39. The molecular formula is C18H26N6O2. The summed E-state index contributed by atoms with van der Waals surface area (Å²) in [5, 5.41) is 3.59. The standard InChI is InChI=1S/C18H26N6O2/c1-10-14(22-6-5-11(9-22)8-21-2)7-13(19)15-16(10)23(12-3-4-12)18(26)24(20)17(15)25/h7,11-12,21H,3-6,8-9,19-20H2,1-2H3. The Kier molecular flexibility index (Phi) is 3.95. The molecule has 1 saturated carbocycles. The highest BCUT2D eigenvalue weighted by Gasteiger charge is 2.31. The van der Waals surface area contributed by atoms with E-state index in [0.717, 1.165) is 50.1 Å². The average Bonchev–Trinajstić information content (AvgIpc) is 3.34. The first-order chi connectivity index (χ1) is 12.4. The molecule has 0 amide bonds. The van der Waals surface area contributed by atoms with Crippen LogP contribution in [-0.4, -0.2) is 35.9 Å². The zero-order chi connectivity index (χ0) is 18.6. The number of hydrogen-bond donors (Lipinski definition) is 3. The van der Waals surface area contributed by atoms with Crippen molar-refractivity contribution < 1.29 is 0 Å². The van der Waals surface area contributed by atoms with Crippen molar-refractivity contribution in [3.63, 3.8) is 0 Å². The van der Waals surface area contributed by atoms with Crippen molar-refractivity contribution in [3.05, 3.63) is 32.5 Å². The topological polar surface area (TPSA) is 111 Å². The van der Waals surface area contributed by atoms with Crippen LogP contribution < -0.4 is 33.0 Å². The van der Waals surface area contributed by atoms with Gasteiger partial charge in [0.2, 0.25) is 0 Å². The summed E-state index contributed by atoms with van der Waals surface area (Å²) in [6, 6.07) is 1.96. The molecule has 1 aliphatic heterocycles. The van der Waals surface area contributed by atoms with E-state index in [0.29, 0.717) is 27.2 Å². The predicted molar refractivity (Wildman–Crippen MR) is 104 cm³/mol. The van der Waals surface area contributed by atoms with Crippen LogP contribution in [0.15, 0.2) is 15.7 Å². The molecule has 8 heteroatoms. The van der Waals surface area contributed by atoms with Crippen LogP contribution in [0.25, 0.3) is 10.9 Å². The minimum Gasteiger partial charge on any atom is -0.398 e. The van der Waals surface area contributed by atoms with Gasteiger partial charge in [-0.05, 0) is 57.3 Å². The highest BCUT2D eigenvalue weighted by atomic mass is 16.2. The van der Waals surface area contributed by atoms with Gasteiger partial charge in [0.15, 0.2) is 0 Å². The van der Waals surface area contributed by atoms with Crippen LogP contribution in [-0.2, 0) is 0 Å². The quantitative estimate of drug-likeness (QED) is 0.530. The van der Waals surface area contributed by atoms with Crippen molar-refractivity contribution in [1.82, 2.24) is 14.6 Å². The molecule has 2 fully saturated rings. The Bertz CT molecular complexity index is 988. The number of anilines is 2. The van der Waals surface area contributed by atoms with Crippen LogP contribution in [0.4, 0.5) is 11.4 Å². The Morgan fingerprint density at radius 3 is 2.65 bits per heavy atom. The second kappa shape index (κ2) is 6.05. The Morgan fingerprint density at radius 2 is 2.00 bits per heavy atom. The summed E-state index contributed by atoms with van der Waals surface area (Å²) in [5.41, 5.74) is 8.27. The lowest BCUT2D eigenvalue weighted by molar-refractivity contribution is 0.549. The molecule has 0 spiro atoms. The van der Waals surface area contributed by atoms with Gasteiger partial charge < -0.3 is 21.8 Å². The number of nitrogen functional groups attached to an aromatic ring is 2. The third-order valence-electron chi connectivity index (χ3n) is 5.67. The van der Waals surface area contributed by atoms with Gasteiger partial charge in [-0.25, -0.2) is 4.79 Å². The molecule has 4 rings (SSSR count). The smallest absolute Gasteiger partial charge is 0.350 e. The summed E-state index contributed by atoms with van der Waals surface area (Å²) < 4.78 is 2.36. The van der Waals surface area contributed by atoms with Gasteiger partial charge in [-0.3, -0.25) is 9.36 Å². The summed E-state index contributed by atoms with van der Waals surface area (Å²) in [6.07, 6.45) is 2.95. The van der Waals surface area contributed by atoms with Crippen LogP contribution in [0.1, 0.15) is 30.9 Å². The van der Waals surface area contributed by atoms with E-state index in [1.807, 2.05) is 20.0 Å². The fourth-order valence-electron chi connectivity index (χ4n) is 4.22. The number of nitrogens with two attached hydrogens (primary N) is 2. The first kappa shape index (κ1) is 17.0. The van der Waals surface area contributed by atoms with Crippen molar-refractivity contribution >= 4 is 22.3 Å². The predicted octanol–water partition coefficient (Wildman–Crippen LogP) is 0.148. The van der Waals surface area contributed by atoms with Gasteiger partial charge >= 0.3 is 5.69 Å². The summed E-state index contributed by atoms with van der Waals surface area (Å²) in [5.74, 6) is 6.33. The van der Waals surface area contributed by atoms with Gasteiger partial charge in [0.05, 0.1) is 10.9 Å². The van der Waals surface area contributed by atoms with E-state index < -0.39 is 11.2 Å². The van der Waals surface area contributed by atoms with Crippen LogP contribution in [0.3, 0.4) is 0 Å². The van der Waals surface area contributed by atoms with Crippen molar-refractivity contribution in [2.45, 2.75) is 32.2 Å². The summed E-state index contributed by atoms with van der Waals surface area (Å²) in [4.78, 5) is 27.6. The second-order valence-electron chi connectivity index (χ2n) is 7.55. The van der Waals surface area contributed by atoms with Gasteiger partial charge in [0.1, 0.15) is 0 Å². The largest absolute Gasteiger partial charge is 0.398 e. The fourth-order valence-corrected chi connectivity index (χ4v) is 4.22. The number of nitrogens with zero attached hydrogens (tertiary/aromatic N) is 3. The minimum atomic E-state index is -0.525. The van der Waals surface area contributed by atoms with E-state index in [1.165, 1.54) is 0 Å². The number of aromatic nitrogens is 2. The maximum absolute atomic E-state index is 12.7. The second-order valence-corrected chi connectivity index (χ2v) is 7.55. The van der Waals surface area contributed by atoms with Crippen molar-refractivity contribution in [3.8, 4) is 0 Å². The highest BCUT2D eigenvalue weighted by molar-refractivity contribution is 5.96. The van der Waals surface area contributed by atoms with E-state index in [-0.39, 0.29) is 6.04 Å². The number of hydrogen-bond acceptors (Lipinski definition) is 6. The number of rotatable bonds is 4. The maximum atomic E-state index is 12.7. The third kappa shape index (κ3) is 2.47. The average molecular weight is 358 g/mol. The lowest BCUT2D eigenvalue weighted by Gasteiger charge is -2.24. The molecule has 8 nitrogen and oxygen atoms in total.